The molecule has 1 atom stereocenters. The molecule has 1 aromatic heterocycles. The number of hydrogen-bond acceptors (Lipinski definition) is 5. The van der Waals surface area contributed by atoms with Crippen LogP contribution in [-0.4, -0.2) is 38.2 Å². The van der Waals surface area contributed by atoms with Crippen LogP contribution in [-0.2, 0) is 21.2 Å². The Morgan fingerprint density at radius 3 is 2.48 bits per heavy atom. The van der Waals surface area contributed by atoms with Gasteiger partial charge in [-0.25, -0.2) is 8.42 Å². The van der Waals surface area contributed by atoms with E-state index < -0.39 is 22.0 Å². The average molecular weight is 458 g/mol. The van der Waals surface area contributed by atoms with E-state index in [1.165, 1.54) is 6.07 Å². The minimum Gasteiger partial charge on any atom is -0.476 e. The van der Waals surface area contributed by atoms with Crippen molar-refractivity contribution in [3.05, 3.63) is 83.1 Å². The van der Waals surface area contributed by atoms with Crippen LogP contribution in [0.2, 0.25) is 5.02 Å². The van der Waals surface area contributed by atoms with E-state index in [0.29, 0.717) is 16.4 Å². The number of nitrogens with one attached hydrogen (secondary N) is 1. The van der Waals surface area contributed by atoms with Gasteiger partial charge in [0.1, 0.15) is 5.75 Å². The summed E-state index contributed by atoms with van der Waals surface area (Å²) in [6.45, 7) is -0.141. The standard InChI is InChI=1S/C22H20ClN3O4S/c1-31(28,29)26-14-21(30-20-7-4-17(23)13-19(20)26)22(27)25-18-5-2-15(3-6-18)12-16-8-10-24-11-9-16/h2-11,13,21H,12,14H2,1H3,(H,25,27)/t21-/m1/s1. The molecule has 3 aromatic rings. The zero-order valence-electron chi connectivity index (χ0n) is 16.7. The number of benzene rings is 2. The normalized spacial score (nSPS) is 15.7. The number of nitrogens with zero attached hydrogens (tertiary/aromatic N) is 2. The van der Waals surface area contributed by atoms with Crippen molar-refractivity contribution in [2.45, 2.75) is 12.5 Å². The molecule has 0 fully saturated rings. The number of amides is 1. The lowest BCUT2D eigenvalue weighted by molar-refractivity contribution is -0.122. The highest BCUT2D eigenvalue weighted by Crippen LogP contribution is 2.37. The zero-order chi connectivity index (χ0) is 22.0. The number of pyridine rings is 1. The Hall–Kier alpha value is -3.10. The van der Waals surface area contributed by atoms with E-state index in [4.69, 9.17) is 16.3 Å². The molecule has 31 heavy (non-hydrogen) atoms. The number of ether oxygens (including phenoxy) is 1. The van der Waals surface area contributed by atoms with Crippen LogP contribution in [0.5, 0.6) is 5.75 Å². The third kappa shape index (κ3) is 4.98. The number of rotatable bonds is 5. The fraction of sp³-hybridized carbons (Fsp3) is 0.182. The van der Waals surface area contributed by atoms with Crippen LogP contribution in [0.1, 0.15) is 11.1 Å². The number of fused-ring (bicyclic) bond motifs is 1. The Balaban J connectivity index is 1.48. The highest BCUT2D eigenvalue weighted by molar-refractivity contribution is 7.92. The van der Waals surface area contributed by atoms with Gasteiger partial charge in [-0.1, -0.05) is 23.7 Å². The SMILES string of the molecule is CS(=O)(=O)N1C[C@H](C(=O)Nc2ccc(Cc3ccncc3)cc2)Oc2ccc(Cl)cc21. The number of halogens is 1. The van der Waals surface area contributed by atoms with E-state index in [2.05, 4.69) is 10.3 Å². The van der Waals surface area contributed by atoms with E-state index in [1.807, 2.05) is 24.3 Å². The van der Waals surface area contributed by atoms with Gasteiger partial charge in [0.25, 0.3) is 5.91 Å². The van der Waals surface area contributed by atoms with Gasteiger partial charge in [-0.2, -0.15) is 0 Å². The predicted molar refractivity (Wildman–Crippen MR) is 120 cm³/mol. The van der Waals surface area contributed by atoms with Crippen LogP contribution in [0.4, 0.5) is 11.4 Å². The average Bonchev–Trinajstić information content (AvgIpc) is 2.74. The largest absolute Gasteiger partial charge is 0.476 e. The number of anilines is 2. The first-order valence-electron chi connectivity index (χ1n) is 9.52. The van der Waals surface area contributed by atoms with Gasteiger partial charge in [0.15, 0.2) is 6.10 Å². The van der Waals surface area contributed by atoms with Crippen LogP contribution in [0, 0.1) is 0 Å². The maximum absolute atomic E-state index is 12.8. The van der Waals surface area contributed by atoms with Gasteiger partial charge >= 0.3 is 0 Å². The first-order valence-corrected chi connectivity index (χ1v) is 11.7. The van der Waals surface area contributed by atoms with Gasteiger partial charge in [0, 0.05) is 23.1 Å². The quantitative estimate of drug-likeness (QED) is 0.633. The molecule has 0 aliphatic carbocycles. The Morgan fingerprint density at radius 1 is 1.13 bits per heavy atom. The van der Waals surface area contributed by atoms with Gasteiger partial charge in [-0.05, 0) is 60.0 Å². The molecule has 1 N–H and O–H groups in total. The molecular formula is C22H20ClN3O4S. The molecule has 1 aliphatic heterocycles. The highest BCUT2D eigenvalue weighted by Gasteiger charge is 2.35. The number of carbonyl (C=O) groups is 1. The van der Waals surface area contributed by atoms with E-state index >= 15 is 0 Å². The van der Waals surface area contributed by atoms with Gasteiger partial charge < -0.3 is 10.1 Å². The van der Waals surface area contributed by atoms with E-state index in [0.717, 1.165) is 28.1 Å². The van der Waals surface area contributed by atoms with E-state index in [1.54, 1.807) is 36.7 Å². The molecule has 0 radical (unpaired) electrons. The smallest absolute Gasteiger partial charge is 0.267 e. The summed E-state index contributed by atoms with van der Waals surface area (Å²) in [4.78, 5) is 16.8. The Kier molecular flexibility index (Phi) is 5.84. The summed E-state index contributed by atoms with van der Waals surface area (Å²) < 4.78 is 31.4. The van der Waals surface area contributed by atoms with Crippen LogP contribution in [0.25, 0.3) is 0 Å². The summed E-state index contributed by atoms with van der Waals surface area (Å²) >= 11 is 6.00. The third-order valence-corrected chi connectivity index (χ3v) is 6.24. The van der Waals surface area contributed by atoms with Crippen molar-refractivity contribution in [1.82, 2.24) is 4.98 Å². The minimum absolute atomic E-state index is 0.141. The summed E-state index contributed by atoms with van der Waals surface area (Å²) in [5, 5.41) is 3.18. The van der Waals surface area contributed by atoms with Crippen LogP contribution >= 0.6 is 11.6 Å². The fourth-order valence-electron chi connectivity index (χ4n) is 3.34. The molecule has 7 nitrogen and oxygen atoms in total. The number of carbonyl (C=O) groups excluding carboxylic acids is 1. The molecule has 0 bridgehead atoms. The van der Waals surface area contributed by atoms with Gasteiger partial charge in [0.2, 0.25) is 10.0 Å². The third-order valence-electron chi connectivity index (χ3n) is 4.86. The first kappa shape index (κ1) is 21.1. The number of aromatic nitrogens is 1. The predicted octanol–water partition coefficient (Wildman–Crippen LogP) is 3.49. The van der Waals surface area contributed by atoms with Crippen LogP contribution in [0.15, 0.2) is 67.0 Å². The van der Waals surface area contributed by atoms with Crippen LogP contribution in [0.3, 0.4) is 0 Å². The van der Waals surface area contributed by atoms with Crippen molar-refractivity contribution in [3.8, 4) is 5.75 Å². The first-order chi connectivity index (χ1) is 14.8. The summed E-state index contributed by atoms with van der Waals surface area (Å²) in [5.41, 5.74) is 3.15. The Morgan fingerprint density at radius 2 is 1.81 bits per heavy atom. The highest BCUT2D eigenvalue weighted by atomic mass is 35.5. The molecule has 2 aromatic carbocycles. The van der Waals surface area contributed by atoms with Gasteiger partial charge in [-0.15, -0.1) is 0 Å². The topological polar surface area (TPSA) is 88.6 Å². The van der Waals surface area contributed by atoms with Crippen molar-refractivity contribution >= 4 is 38.9 Å². The van der Waals surface area contributed by atoms with Crippen molar-refractivity contribution < 1.29 is 17.9 Å². The fourth-order valence-corrected chi connectivity index (χ4v) is 4.41. The lowest BCUT2D eigenvalue weighted by atomic mass is 10.1. The van der Waals surface area contributed by atoms with Crippen LogP contribution < -0.4 is 14.4 Å². The van der Waals surface area contributed by atoms with Crippen molar-refractivity contribution in [3.63, 3.8) is 0 Å². The molecule has 0 saturated heterocycles. The lowest BCUT2D eigenvalue weighted by Gasteiger charge is -2.34. The molecular weight excluding hydrogens is 438 g/mol. The molecule has 0 unspecified atom stereocenters. The molecule has 2 heterocycles. The lowest BCUT2D eigenvalue weighted by Crippen LogP contribution is -2.48. The second-order valence-electron chi connectivity index (χ2n) is 7.23. The summed E-state index contributed by atoms with van der Waals surface area (Å²) in [5.74, 6) is -0.148. The minimum atomic E-state index is -3.62. The maximum atomic E-state index is 12.8. The summed E-state index contributed by atoms with van der Waals surface area (Å²) in [6.07, 6.45) is 4.34. The molecule has 160 valence electrons. The zero-order valence-corrected chi connectivity index (χ0v) is 18.2. The molecule has 1 amide bonds. The molecule has 0 spiro atoms. The monoisotopic (exact) mass is 457 g/mol. The van der Waals surface area contributed by atoms with Crippen molar-refractivity contribution in [2.75, 3.05) is 22.4 Å². The summed E-state index contributed by atoms with van der Waals surface area (Å²) in [6, 6.07) is 16.0. The number of sulfonamides is 1. The second kappa shape index (κ2) is 8.56. The summed E-state index contributed by atoms with van der Waals surface area (Å²) in [7, 11) is -3.62. The maximum Gasteiger partial charge on any atom is 0.267 e. The van der Waals surface area contributed by atoms with E-state index in [9.17, 15) is 13.2 Å². The van der Waals surface area contributed by atoms with Gasteiger partial charge in [-0.3, -0.25) is 14.1 Å². The van der Waals surface area contributed by atoms with Crippen molar-refractivity contribution in [2.24, 2.45) is 0 Å². The molecule has 0 saturated carbocycles. The van der Waals surface area contributed by atoms with Gasteiger partial charge in [0.05, 0.1) is 18.5 Å². The molecule has 1 aliphatic rings. The molecule has 9 heteroatoms. The number of hydrogen-bond donors (Lipinski definition) is 1. The molecule has 4 rings (SSSR count). The van der Waals surface area contributed by atoms with E-state index in [-0.39, 0.29) is 12.3 Å². The Labute approximate surface area is 185 Å². The second-order valence-corrected chi connectivity index (χ2v) is 9.57. The Bertz CT molecular complexity index is 1200. The van der Waals surface area contributed by atoms with Crippen molar-refractivity contribution in [1.29, 1.82) is 0 Å².